The number of aromatic nitrogens is 3. The fraction of sp³-hybridized carbons (Fsp3) is 0. The van der Waals surface area contributed by atoms with Crippen LogP contribution in [0.5, 0.6) is 0 Å². The number of hydrogen-bond acceptors (Lipinski definition) is 4. The molecule has 1 aromatic carbocycles. The van der Waals surface area contributed by atoms with E-state index in [4.69, 9.17) is 5.73 Å². The molecule has 7 nitrogen and oxygen atoms in total. The summed E-state index contributed by atoms with van der Waals surface area (Å²) in [5.74, 6) is -0.866. The van der Waals surface area contributed by atoms with E-state index in [1.807, 2.05) is 0 Å². The van der Waals surface area contributed by atoms with Gasteiger partial charge in [-0.3, -0.25) is 14.7 Å². The number of nitrogens with two attached hydrogens (primary N) is 1. The highest BCUT2D eigenvalue weighted by molar-refractivity contribution is 6.03. The molecule has 114 valence electrons. The van der Waals surface area contributed by atoms with Gasteiger partial charge in [0.25, 0.3) is 5.91 Å². The topological polar surface area (TPSA) is 114 Å². The number of H-pyrrole nitrogens is 1. The third kappa shape index (κ3) is 3.24. The predicted octanol–water partition coefficient (Wildman–Crippen LogP) is 1.82. The molecule has 0 aliphatic heterocycles. The summed E-state index contributed by atoms with van der Waals surface area (Å²) in [6.07, 6.45) is 1.62. The van der Waals surface area contributed by atoms with Crippen molar-refractivity contribution in [3.63, 3.8) is 0 Å². The Bertz CT molecular complexity index is 841. The van der Waals surface area contributed by atoms with Gasteiger partial charge in [0.2, 0.25) is 5.91 Å². The van der Waals surface area contributed by atoms with E-state index in [1.165, 1.54) is 0 Å². The molecule has 0 aliphatic rings. The highest BCUT2D eigenvalue weighted by Crippen LogP contribution is 2.15. The van der Waals surface area contributed by atoms with Crippen molar-refractivity contribution in [1.29, 1.82) is 0 Å². The molecule has 7 heteroatoms. The Hall–Kier alpha value is -3.48. The summed E-state index contributed by atoms with van der Waals surface area (Å²) < 4.78 is 0. The van der Waals surface area contributed by atoms with E-state index in [9.17, 15) is 9.59 Å². The smallest absolute Gasteiger partial charge is 0.274 e. The van der Waals surface area contributed by atoms with Crippen LogP contribution in [0.15, 0.2) is 54.7 Å². The van der Waals surface area contributed by atoms with Crippen molar-refractivity contribution in [1.82, 2.24) is 15.2 Å². The highest BCUT2D eigenvalue weighted by atomic mass is 16.2. The molecular weight excluding hydrogens is 294 g/mol. The maximum Gasteiger partial charge on any atom is 0.274 e. The van der Waals surface area contributed by atoms with Crippen LogP contribution in [0.2, 0.25) is 0 Å². The van der Waals surface area contributed by atoms with E-state index in [1.54, 1.807) is 54.7 Å². The maximum absolute atomic E-state index is 12.3. The van der Waals surface area contributed by atoms with Gasteiger partial charge in [0.15, 0.2) is 0 Å². The molecule has 0 radical (unpaired) electrons. The molecule has 3 aromatic rings. The molecule has 0 bridgehead atoms. The van der Waals surface area contributed by atoms with Crippen LogP contribution in [0.3, 0.4) is 0 Å². The Kier molecular flexibility index (Phi) is 3.84. The minimum atomic E-state index is -0.517. The van der Waals surface area contributed by atoms with Crippen LogP contribution < -0.4 is 11.1 Å². The number of carbonyl (C=O) groups is 2. The molecule has 2 amide bonds. The third-order valence-corrected chi connectivity index (χ3v) is 3.19. The summed E-state index contributed by atoms with van der Waals surface area (Å²) in [5.41, 5.74) is 7.73. The minimum absolute atomic E-state index is 0.274. The van der Waals surface area contributed by atoms with Crippen LogP contribution in [0.25, 0.3) is 11.4 Å². The molecular formula is C16H13N5O2. The number of benzene rings is 1. The molecule has 0 saturated carbocycles. The van der Waals surface area contributed by atoms with Gasteiger partial charge >= 0.3 is 0 Å². The quantitative estimate of drug-likeness (QED) is 0.682. The standard InChI is InChI=1S/C16H13N5O2/c17-15(22)10-4-6-11(7-5-10)19-16(23)14-3-1-2-12(20-14)13-8-9-18-21-13/h1-9H,(H2,17,22)(H,18,21)(H,19,23). The highest BCUT2D eigenvalue weighted by Gasteiger charge is 2.10. The first-order valence-electron chi connectivity index (χ1n) is 6.81. The molecule has 4 N–H and O–H groups in total. The van der Waals surface area contributed by atoms with Crippen LogP contribution in [0.1, 0.15) is 20.8 Å². The van der Waals surface area contributed by atoms with Crippen molar-refractivity contribution >= 4 is 17.5 Å². The van der Waals surface area contributed by atoms with E-state index in [0.29, 0.717) is 16.9 Å². The summed E-state index contributed by atoms with van der Waals surface area (Å²) in [4.78, 5) is 27.6. The van der Waals surface area contributed by atoms with E-state index >= 15 is 0 Å². The number of hydrogen-bond donors (Lipinski definition) is 3. The Labute approximate surface area is 131 Å². The van der Waals surface area contributed by atoms with Crippen molar-refractivity contribution in [2.75, 3.05) is 5.32 Å². The molecule has 2 aromatic heterocycles. The van der Waals surface area contributed by atoms with E-state index in [-0.39, 0.29) is 11.6 Å². The molecule has 0 unspecified atom stereocenters. The van der Waals surface area contributed by atoms with Gasteiger partial charge < -0.3 is 11.1 Å². The third-order valence-electron chi connectivity index (χ3n) is 3.19. The first kappa shape index (κ1) is 14.5. The van der Waals surface area contributed by atoms with Crippen LogP contribution in [0.4, 0.5) is 5.69 Å². The van der Waals surface area contributed by atoms with E-state index in [0.717, 1.165) is 5.69 Å². The first-order chi connectivity index (χ1) is 11.1. The summed E-state index contributed by atoms with van der Waals surface area (Å²) in [5, 5.41) is 9.38. The van der Waals surface area contributed by atoms with Crippen LogP contribution in [0, 0.1) is 0 Å². The SMILES string of the molecule is NC(=O)c1ccc(NC(=O)c2cccc(-c3ccn[nH]3)n2)cc1. The van der Waals surface area contributed by atoms with Crippen molar-refractivity contribution in [3.8, 4) is 11.4 Å². The zero-order valence-electron chi connectivity index (χ0n) is 12.0. The summed E-state index contributed by atoms with van der Waals surface area (Å²) in [6.45, 7) is 0. The number of nitrogens with zero attached hydrogens (tertiary/aromatic N) is 2. The second-order valence-corrected chi connectivity index (χ2v) is 4.77. The molecule has 3 rings (SSSR count). The molecule has 0 saturated heterocycles. The molecule has 0 aliphatic carbocycles. The number of nitrogens with one attached hydrogen (secondary N) is 2. The summed E-state index contributed by atoms with van der Waals surface area (Å²) in [7, 11) is 0. The van der Waals surface area contributed by atoms with Gasteiger partial charge in [-0.15, -0.1) is 0 Å². The fourth-order valence-electron chi connectivity index (χ4n) is 2.02. The first-order valence-corrected chi connectivity index (χ1v) is 6.81. The van der Waals surface area contributed by atoms with Gasteiger partial charge in [0, 0.05) is 17.4 Å². The lowest BCUT2D eigenvalue weighted by Gasteiger charge is -2.06. The van der Waals surface area contributed by atoms with E-state index < -0.39 is 5.91 Å². The largest absolute Gasteiger partial charge is 0.366 e. The zero-order chi connectivity index (χ0) is 16.2. The lowest BCUT2D eigenvalue weighted by molar-refractivity contribution is 0.0998. The number of rotatable bonds is 4. The predicted molar refractivity (Wildman–Crippen MR) is 84.7 cm³/mol. The van der Waals surface area contributed by atoms with Crippen LogP contribution >= 0.6 is 0 Å². The zero-order valence-corrected chi connectivity index (χ0v) is 12.0. The maximum atomic E-state index is 12.3. The van der Waals surface area contributed by atoms with Gasteiger partial charge in [-0.2, -0.15) is 5.10 Å². The normalized spacial score (nSPS) is 10.3. The number of pyridine rings is 1. The summed E-state index contributed by atoms with van der Waals surface area (Å²) in [6, 6.07) is 13.2. The van der Waals surface area contributed by atoms with Gasteiger partial charge in [0.05, 0.1) is 11.4 Å². The van der Waals surface area contributed by atoms with Crippen molar-refractivity contribution in [2.45, 2.75) is 0 Å². The Morgan fingerprint density at radius 3 is 2.48 bits per heavy atom. The molecule has 2 heterocycles. The lowest BCUT2D eigenvalue weighted by atomic mass is 10.2. The molecule has 23 heavy (non-hydrogen) atoms. The Balaban J connectivity index is 1.78. The molecule has 0 fully saturated rings. The number of aromatic amines is 1. The van der Waals surface area contributed by atoms with Gasteiger partial charge in [-0.1, -0.05) is 6.07 Å². The van der Waals surface area contributed by atoms with Crippen molar-refractivity contribution in [3.05, 3.63) is 66.0 Å². The average molecular weight is 307 g/mol. The number of carbonyl (C=O) groups excluding carboxylic acids is 2. The molecule has 0 spiro atoms. The van der Waals surface area contributed by atoms with Gasteiger partial charge in [0.1, 0.15) is 5.69 Å². The van der Waals surface area contributed by atoms with Crippen molar-refractivity contribution in [2.24, 2.45) is 5.73 Å². The summed E-state index contributed by atoms with van der Waals surface area (Å²) >= 11 is 0. The Morgan fingerprint density at radius 2 is 1.83 bits per heavy atom. The van der Waals surface area contributed by atoms with Gasteiger partial charge in [-0.05, 0) is 42.5 Å². The minimum Gasteiger partial charge on any atom is -0.366 e. The number of anilines is 1. The monoisotopic (exact) mass is 307 g/mol. The van der Waals surface area contributed by atoms with Crippen LogP contribution in [-0.4, -0.2) is 27.0 Å². The lowest BCUT2D eigenvalue weighted by Crippen LogP contribution is -2.14. The number of amides is 2. The average Bonchev–Trinajstić information content (AvgIpc) is 3.10. The van der Waals surface area contributed by atoms with Crippen LogP contribution in [-0.2, 0) is 0 Å². The Morgan fingerprint density at radius 1 is 1.04 bits per heavy atom. The number of primary amides is 1. The second-order valence-electron chi connectivity index (χ2n) is 4.77. The van der Waals surface area contributed by atoms with Gasteiger partial charge in [-0.25, -0.2) is 4.98 Å². The van der Waals surface area contributed by atoms with E-state index in [2.05, 4.69) is 20.5 Å². The molecule has 0 atom stereocenters. The second kappa shape index (κ2) is 6.10. The van der Waals surface area contributed by atoms with Crippen molar-refractivity contribution < 1.29 is 9.59 Å². The fourth-order valence-corrected chi connectivity index (χ4v) is 2.02.